The van der Waals surface area contributed by atoms with E-state index in [0.717, 1.165) is 11.4 Å². The number of aromatic nitrogens is 5. The monoisotopic (exact) mass is 164 g/mol. The minimum absolute atomic E-state index is 0.395. The van der Waals surface area contributed by atoms with Gasteiger partial charge in [0.15, 0.2) is 5.95 Å². The zero-order valence-electron chi connectivity index (χ0n) is 6.52. The van der Waals surface area contributed by atoms with E-state index in [2.05, 4.69) is 20.3 Å². The first kappa shape index (κ1) is 6.84. The van der Waals surface area contributed by atoms with Crippen molar-refractivity contribution in [3.63, 3.8) is 0 Å². The Hall–Kier alpha value is -1.85. The Morgan fingerprint density at radius 2 is 2.33 bits per heavy atom. The molecule has 62 valence electrons. The van der Waals surface area contributed by atoms with Crippen LogP contribution in [0.15, 0.2) is 12.4 Å². The van der Waals surface area contributed by atoms with Gasteiger partial charge in [0.05, 0.1) is 18.1 Å². The molecule has 2 aromatic heterocycles. The third kappa shape index (κ3) is 0.931. The van der Waals surface area contributed by atoms with Crippen molar-refractivity contribution in [3.05, 3.63) is 12.4 Å². The Morgan fingerprint density at radius 1 is 1.50 bits per heavy atom. The Kier molecular flexibility index (Phi) is 1.33. The normalized spacial score (nSPS) is 10.4. The van der Waals surface area contributed by atoms with Gasteiger partial charge < -0.3 is 10.7 Å². The van der Waals surface area contributed by atoms with Crippen LogP contribution in [0.5, 0.6) is 0 Å². The van der Waals surface area contributed by atoms with Crippen molar-refractivity contribution in [3.8, 4) is 11.4 Å². The van der Waals surface area contributed by atoms with Gasteiger partial charge in [-0.05, 0) is 0 Å². The van der Waals surface area contributed by atoms with Crippen LogP contribution >= 0.6 is 0 Å². The summed E-state index contributed by atoms with van der Waals surface area (Å²) in [4.78, 5) is 6.75. The highest BCUT2D eigenvalue weighted by Crippen LogP contribution is 2.14. The molecule has 0 aliphatic heterocycles. The van der Waals surface area contributed by atoms with Gasteiger partial charge in [0.2, 0.25) is 0 Å². The summed E-state index contributed by atoms with van der Waals surface area (Å²) in [5.74, 6) is 0.395. The summed E-state index contributed by atoms with van der Waals surface area (Å²) in [6.45, 7) is 0. The summed E-state index contributed by atoms with van der Waals surface area (Å²) in [6.07, 6.45) is 3.29. The molecule has 3 N–H and O–H groups in total. The number of hydrogen-bond donors (Lipinski definition) is 2. The van der Waals surface area contributed by atoms with Crippen molar-refractivity contribution in [2.75, 3.05) is 5.73 Å². The molecule has 0 aromatic carbocycles. The molecule has 0 unspecified atom stereocenters. The maximum Gasteiger partial charge on any atom is 0.197 e. The van der Waals surface area contributed by atoms with Crippen LogP contribution in [0, 0.1) is 0 Å². The molecule has 0 bridgehead atoms. The number of anilines is 1. The molecule has 0 amide bonds. The Morgan fingerprint density at radius 3 is 2.83 bits per heavy atom. The zero-order chi connectivity index (χ0) is 8.55. The maximum absolute atomic E-state index is 5.42. The fraction of sp³-hybridized carbons (Fsp3) is 0.167. The first-order chi connectivity index (χ1) is 5.77. The van der Waals surface area contributed by atoms with Gasteiger partial charge in [0, 0.05) is 7.05 Å². The summed E-state index contributed by atoms with van der Waals surface area (Å²) in [5.41, 5.74) is 7.10. The lowest BCUT2D eigenvalue weighted by Crippen LogP contribution is -1.94. The highest BCUT2D eigenvalue weighted by Gasteiger charge is 2.05. The van der Waals surface area contributed by atoms with Gasteiger partial charge in [0.25, 0.3) is 0 Å². The largest absolute Gasteiger partial charge is 0.369 e. The Labute approximate surface area is 68.4 Å². The van der Waals surface area contributed by atoms with Crippen molar-refractivity contribution in [1.29, 1.82) is 0 Å². The molecule has 0 saturated heterocycles. The molecule has 0 atom stereocenters. The highest BCUT2D eigenvalue weighted by atomic mass is 15.4. The quantitative estimate of drug-likeness (QED) is 0.610. The van der Waals surface area contributed by atoms with Crippen LogP contribution in [0.4, 0.5) is 5.95 Å². The van der Waals surface area contributed by atoms with E-state index in [0.29, 0.717) is 5.95 Å². The summed E-state index contributed by atoms with van der Waals surface area (Å²) >= 11 is 0. The van der Waals surface area contributed by atoms with E-state index < -0.39 is 0 Å². The lowest BCUT2D eigenvalue weighted by Gasteiger charge is -1.93. The third-order valence-corrected chi connectivity index (χ3v) is 1.59. The molecule has 2 heterocycles. The smallest absolute Gasteiger partial charge is 0.197 e. The molecule has 0 aliphatic rings. The molecule has 6 heteroatoms. The van der Waals surface area contributed by atoms with E-state index in [4.69, 9.17) is 5.73 Å². The van der Waals surface area contributed by atoms with Crippen LogP contribution in [0.1, 0.15) is 0 Å². The number of aryl methyl sites for hydroxylation is 1. The molecule has 0 spiro atoms. The Balaban J connectivity index is 2.50. The highest BCUT2D eigenvalue weighted by molar-refractivity contribution is 5.53. The van der Waals surface area contributed by atoms with Crippen molar-refractivity contribution in [2.24, 2.45) is 7.05 Å². The van der Waals surface area contributed by atoms with Gasteiger partial charge in [-0.15, -0.1) is 5.10 Å². The molecule has 0 radical (unpaired) electrons. The van der Waals surface area contributed by atoms with Gasteiger partial charge >= 0.3 is 0 Å². The minimum atomic E-state index is 0.395. The van der Waals surface area contributed by atoms with Crippen LogP contribution in [0.3, 0.4) is 0 Å². The summed E-state index contributed by atoms with van der Waals surface area (Å²) in [6, 6.07) is 0. The molecule has 0 saturated carbocycles. The number of imidazole rings is 1. The number of hydrogen-bond acceptors (Lipinski definition) is 4. The van der Waals surface area contributed by atoms with Crippen molar-refractivity contribution >= 4 is 5.95 Å². The number of nitrogens with zero attached hydrogens (tertiary/aromatic N) is 4. The average Bonchev–Trinajstić information content (AvgIpc) is 2.58. The average molecular weight is 164 g/mol. The number of nitrogen functional groups attached to an aromatic ring is 1. The van der Waals surface area contributed by atoms with E-state index in [1.54, 1.807) is 24.1 Å². The van der Waals surface area contributed by atoms with Crippen LogP contribution in [-0.2, 0) is 7.05 Å². The lowest BCUT2D eigenvalue weighted by molar-refractivity contribution is 0.719. The predicted molar refractivity (Wildman–Crippen MR) is 43.0 cm³/mol. The summed E-state index contributed by atoms with van der Waals surface area (Å²) in [5, 5.41) is 7.51. The van der Waals surface area contributed by atoms with Crippen molar-refractivity contribution < 1.29 is 0 Å². The second kappa shape index (κ2) is 2.33. The van der Waals surface area contributed by atoms with Crippen molar-refractivity contribution in [1.82, 2.24) is 25.0 Å². The fourth-order valence-corrected chi connectivity index (χ4v) is 1.00. The van der Waals surface area contributed by atoms with Gasteiger partial charge in [0.1, 0.15) is 5.69 Å². The zero-order valence-corrected chi connectivity index (χ0v) is 6.52. The lowest BCUT2D eigenvalue weighted by atomic mass is 10.4. The van der Waals surface area contributed by atoms with Gasteiger partial charge in [-0.25, -0.2) is 9.67 Å². The molecule has 0 fully saturated rings. The number of nitrogens with two attached hydrogens (primary N) is 1. The van der Waals surface area contributed by atoms with E-state index in [1.165, 1.54) is 0 Å². The number of rotatable bonds is 1. The molecular weight excluding hydrogens is 156 g/mol. The number of H-pyrrole nitrogens is 1. The fourth-order valence-electron chi connectivity index (χ4n) is 1.00. The number of nitrogens with one attached hydrogen (secondary N) is 1. The second-order valence-electron chi connectivity index (χ2n) is 2.42. The maximum atomic E-state index is 5.42. The van der Waals surface area contributed by atoms with Crippen LogP contribution < -0.4 is 5.73 Å². The van der Waals surface area contributed by atoms with Crippen molar-refractivity contribution in [2.45, 2.75) is 0 Å². The third-order valence-electron chi connectivity index (χ3n) is 1.59. The van der Waals surface area contributed by atoms with E-state index in [1.807, 2.05) is 0 Å². The van der Waals surface area contributed by atoms with E-state index >= 15 is 0 Å². The summed E-state index contributed by atoms with van der Waals surface area (Å²) in [7, 11) is 1.80. The first-order valence-electron chi connectivity index (χ1n) is 3.43. The van der Waals surface area contributed by atoms with Gasteiger partial charge in [-0.1, -0.05) is 5.21 Å². The van der Waals surface area contributed by atoms with Gasteiger partial charge in [-0.2, -0.15) is 0 Å². The molecular formula is C6H8N6. The molecule has 12 heavy (non-hydrogen) atoms. The second-order valence-corrected chi connectivity index (χ2v) is 2.42. The molecule has 2 rings (SSSR count). The van der Waals surface area contributed by atoms with E-state index in [9.17, 15) is 0 Å². The topological polar surface area (TPSA) is 85.4 Å². The Bertz CT molecular complexity index is 386. The summed E-state index contributed by atoms with van der Waals surface area (Å²) < 4.78 is 1.65. The number of aromatic amines is 1. The first-order valence-corrected chi connectivity index (χ1v) is 3.43. The van der Waals surface area contributed by atoms with Gasteiger partial charge in [-0.3, -0.25) is 0 Å². The standard InChI is InChI=1S/C6H8N6/c1-12-5(3-9-11-12)4-2-8-6(7)10-4/h2-3H,1H3,(H3,7,8,10). The molecule has 2 aromatic rings. The SMILES string of the molecule is Cn1nncc1-c1cnc(N)[nH]1. The molecule has 0 aliphatic carbocycles. The minimum Gasteiger partial charge on any atom is -0.369 e. The van der Waals surface area contributed by atoms with Crippen LogP contribution in [0.2, 0.25) is 0 Å². The predicted octanol–water partition coefficient (Wildman–Crippen LogP) is -0.213. The van der Waals surface area contributed by atoms with Crippen LogP contribution in [-0.4, -0.2) is 25.0 Å². The molecule has 6 nitrogen and oxygen atoms in total. The van der Waals surface area contributed by atoms with Crippen LogP contribution in [0.25, 0.3) is 11.4 Å². The van der Waals surface area contributed by atoms with E-state index in [-0.39, 0.29) is 0 Å².